The molecule has 0 unspecified atom stereocenters. The molecule has 1 aliphatic rings. The normalized spacial score (nSPS) is 20.3. The van der Waals surface area contributed by atoms with Gasteiger partial charge in [0.1, 0.15) is 5.82 Å². The SMILES string of the molecule is C[C@@H]1CN([C@@H](c2ccccc2)c2cccc(F)c2)CCN1CC(=O)O. The van der Waals surface area contributed by atoms with E-state index in [9.17, 15) is 9.18 Å². The predicted molar refractivity (Wildman–Crippen MR) is 94.9 cm³/mol. The maximum Gasteiger partial charge on any atom is 0.317 e. The number of hydrogen-bond donors (Lipinski definition) is 1. The van der Waals surface area contributed by atoms with E-state index >= 15 is 0 Å². The Balaban J connectivity index is 1.87. The second-order valence-corrected chi connectivity index (χ2v) is 6.58. The number of carboxylic acid groups (broad SMARTS) is 1. The number of rotatable bonds is 5. The van der Waals surface area contributed by atoms with Crippen LogP contribution in [0.25, 0.3) is 0 Å². The summed E-state index contributed by atoms with van der Waals surface area (Å²) in [6.45, 7) is 4.27. The molecule has 0 bridgehead atoms. The van der Waals surface area contributed by atoms with Gasteiger partial charge < -0.3 is 5.11 Å². The lowest BCUT2D eigenvalue weighted by molar-refractivity contribution is -0.139. The van der Waals surface area contributed by atoms with Crippen LogP contribution in [0, 0.1) is 5.82 Å². The zero-order valence-electron chi connectivity index (χ0n) is 14.3. The number of halogens is 1. The van der Waals surface area contributed by atoms with E-state index in [2.05, 4.69) is 17.0 Å². The number of nitrogens with zero attached hydrogens (tertiary/aromatic N) is 2. The van der Waals surface area contributed by atoms with Crippen molar-refractivity contribution in [2.45, 2.75) is 19.0 Å². The van der Waals surface area contributed by atoms with Gasteiger partial charge in [-0.15, -0.1) is 0 Å². The maximum absolute atomic E-state index is 13.8. The molecule has 0 aromatic heterocycles. The highest BCUT2D eigenvalue weighted by Gasteiger charge is 2.31. The zero-order valence-corrected chi connectivity index (χ0v) is 14.3. The third-order valence-corrected chi connectivity index (χ3v) is 4.78. The van der Waals surface area contributed by atoms with Crippen LogP contribution in [-0.2, 0) is 4.79 Å². The highest BCUT2D eigenvalue weighted by atomic mass is 19.1. The van der Waals surface area contributed by atoms with Gasteiger partial charge in [0.05, 0.1) is 12.6 Å². The molecule has 0 spiro atoms. The molecule has 1 heterocycles. The third-order valence-electron chi connectivity index (χ3n) is 4.78. The molecule has 25 heavy (non-hydrogen) atoms. The molecule has 2 aromatic carbocycles. The fraction of sp³-hybridized carbons (Fsp3) is 0.350. The molecule has 4 nitrogen and oxygen atoms in total. The summed E-state index contributed by atoms with van der Waals surface area (Å²) in [5, 5.41) is 9.05. The van der Waals surface area contributed by atoms with Crippen LogP contribution >= 0.6 is 0 Å². The summed E-state index contributed by atoms with van der Waals surface area (Å²) in [6.07, 6.45) is 0. The summed E-state index contributed by atoms with van der Waals surface area (Å²) in [4.78, 5) is 15.3. The summed E-state index contributed by atoms with van der Waals surface area (Å²) >= 11 is 0. The third kappa shape index (κ3) is 4.24. The number of carbonyl (C=O) groups is 1. The molecule has 5 heteroatoms. The van der Waals surface area contributed by atoms with Crippen LogP contribution in [0.15, 0.2) is 54.6 Å². The topological polar surface area (TPSA) is 43.8 Å². The van der Waals surface area contributed by atoms with Crippen molar-refractivity contribution in [2.75, 3.05) is 26.2 Å². The lowest BCUT2D eigenvalue weighted by Crippen LogP contribution is -2.54. The molecular formula is C20H23FN2O2. The highest BCUT2D eigenvalue weighted by Crippen LogP contribution is 2.31. The minimum absolute atomic E-state index is 0.0358. The average molecular weight is 342 g/mol. The van der Waals surface area contributed by atoms with E-state index in [-0.39, 0.29) is 24.4 Å². The van der Waals surface area contributed by atoms with Gasteiger partial charge in [-0.1, -0.05) is 42.5 Å². The van der Waals surface area contributed by atoms with Crippen LogP contribution in [0.5, 0.6) is 0 Å². The lowest BCUT2D eigenvalue weighted by Gasteiger charge is -2.43. The minimum Gasteiger partial charge on any atom is -0.480 e. The number of piperazine rings is 1. The molecule has 1 fully saturated rings. The zero-order chi connectivity index (χ0) is 17.8. The molecular weight excluding hydrogens is 319 g/mol. The molecule has 1 aliphatic heterocycles. The number of benzene rings is 2. The smallest absolute Gasteiger partial charge is 0.317 e. The Morgan fingerprint density at radius 1 is 1.16 bits per heavy atom. The molecule has 1 saturated heterocycles. The molecule has 0 amide bonds. The molecule has 2 atom stereocenters. The number of aliphatic carboxylic acids is 1. The molecule has 0 radical (unpaired) electrons. The number of hydrogen-bond acceptors (Lipinski definition) is 3. The largest absolute Gasteiger partial charge is 0.480 e. The predicted octanol–water partition coefficient (Wildman–Crippen LogP) is 3.01. The fourth-order valence-corrected chi connectivity index (χ4v) is 3.59. The van der Waals surface area contributed by atoms with Crippen LogP contribution in [0.2, 0.25) is 0 Å². The fourth-order valence-electron chi connectivity index (χ4n) is 3.59. The van der Waals surface area contributed by atoms with Gasteiger partial charge in [0, 0.05) is 25.7 Å². The summed E-state index contributed by atoms with van der Waals surface area (Å²) in [5.74, 6) is -1.04. The molecule has 3 rings (SSSR count). The quantitative estimate of drug-likeness (QED) is 0.907. The number of carboxylic acids is 1. The van der Waals surface area contributed by atoms with E-state index in [1.165, 1.54) is 6.07 Å². The van der Waals surface area contributed by atoms with Crippen LogP contribution in [0.3, 0.4) is 0 Å². The van der Waals surface area contributed by atoms with Crippen molar-refractivity contribution in [3.8, 4) is 0 Å². The van der Waals surface area contributed by atoms with Gasteiger partial charge in [0.2, 0.25) is 0 Å². The van der Waals surface area contributed by atoms with Gasteiger partial charge in [0.15, 0.2) is 0 Å². The Kier molecular flexibility index (Phi) is 5.46. The summed E-state index contributed by atoms with van der Waals surface area (Å²) in [5.41, 5.74) is 2.04. The Morgan fingerprint density at radius 3 is 2.52 bits per heavy atom. The van der Waals surface area contributed by atoms with Crippen LogP contribution in [0.1, 0.15) is 24.1 Å². The van der Waals surface area contributed by atoms with Crippen molar-refractivity contribution in [3.05, 3.63) is 71.5 Å². The Labute approximate surface area is 147 Å². The summed E-state index contributed by atoms with van der Waals surface area (Å²) in [6, 6.07) is 16.9. The van der Waals surface area contributed by atoms with Crippen molar-refractivity contribution in [1.29, 1.82) is 0 Å². The standard InChI is InChI=1S/C20H23FN2O2/c1-15-13-23(11-10-22(15)14-19(24)25)20(16-6-3-2-4-7-16)17-8-5-9-18(21)12-17/h2-9,12,15,20H,10-11,13-14H2,1H3,(H,24,25)/t15-,20+/m1/s1. The first kappa shape index (κ1) is 17.6. The summed E-state index contributed by atoms with van der Waals surface area (Å²) < 4.78 is 13.8. The Morgan fingerprint density at radius 2 is 1.88 bits per heavy atom. The van der Waals surface area contributed by atoms with Crippen molar-refractivity contribution in [1.82, 2.24) is 9.80 Å². The first-order valence-electron chi connectivity index (χ1n) is 8.55. The first-order chi connectivity index (χ1) is 12.0. The Hall–Kier alpha value is -2.24. The van der Waals surface area contributed by atoms with E-state index in [0.29, 0.717) is 6.54 Å². The van der Waals surface area contributed by atoms with Gasteiger partial charge >= 0.3 is 5.97 Å². The van der Waals surface area contributed by atoms with E-state index in [1.807, 2.05) is 36.1 Å². The molecule has 2 aromatic rings. The van der Waals surface area contributed by atoms with E-state index in [4.69, 9.17) is 5.11 Å². The van der Waals surface area contributed by atoms with Crippen LogP contribution in [-0.4, -0.2) is 53.1 Å². The van der Waals surface area contributed by atoms with E-state index in [0.717, 1.165) is 24.2 Å². The lowest BCUT2D eigenvalue weighted by atomic mass is 9.95. The molecule has 132 valence electrons. The molecule has 0 aliphatic carbocycles. The highest BCUT2D eigenvalue weighted by molar-refractivity contribution is 5.69. The second kappa shape index (κ2) is 7.76. The van der Waals surface area contributed by atoms with E-state index in [1.54, 1.807) is 12.1 Å². The van der Waals surface area contributed by atoms with Crippen LogP contribution in [0.4, 0.5) is 4.39 Å². The second-order valence-electron chi connectivity index (χ2n) is 6.58. The Bertz CT molecular complexity index is 723. The monoisotopic (exact) mass is 342 g/mol. The maximum atomic E-state index is 13.8. The van der Waals surface area contributed by atoms with Gasteiger partial charge in [-0.2, -0.15) is 0 Å². The van der Waals surface area contributed by atoms with Gasteiger partial charge in [-0.3, -0.25) is 14.6 Å². The van der Waals surface area contributed by atoms with E-state index < -0.39 is 5.97 Å². The van der Waals surface area contributed by atoms with Gasteiger partial charge in [0.25, 0.3) is 0 Å². The molecule has 0 saturated carbocycles. The average Bonchev–Trinajstić information content (AvgIpc) is 2.58. The first-order valence-corrected chi connectivity index (χ1v) is 8.55. The van der Waals surface area contributed by atoms with Crippen molar-refractivity contribution in [2.24, 2.45) is 0 Å². The van der Waals surface area contributed by atoms with Gasteiger partial charge in [-0.25, -0.2) is 4.39 Å². The van der Waals surface area contributed by atoms with Crippen molar-refractivity contribution >= 4 is 5.97 Å². The summed E-state index contributed by atoms with van der Waals surface area (Å²) in [7, 11) is 0. The van der Waals surface area contributed by atoms with Crippen molar-refractivity contribution in [3.63, 3.8) is 0 Å². The molecule has 1 N–H and O–H groups in total. The van der Waals surface area contributed by atoms with Crippen LogP contribution < -0.4 is 0 Å². The minimum atomic E-state index is -0.801. The van der Waals surface area contributed by atoms with Crippen molar-refractivity contribution < 1.29 is 14.3 Å². The van der Waals surface area contributed by atoms with Gasteiger partial charge in [-0.05, 0) is 30.2 Å².